The van der Waals surface area contributed by atoms with Crippen molar-refractivity contribution in [3.8, 4) is 23.2 Å². The Kier molecular flexibility index (Phi) is 7.15. The number of rotatable bonds is 6. The number of piperidine rings is 1. The van der Waals surface area contributed by atoms with Crippen LogP contribution < -0.4 is 15.4 Å². The molecular weight excluding hydrogens is 443 g/mol. The molecule has 8 heteroatoms. The number of hydrogen-bond donors (Lipinski definition) is 2. The van der Waals surface area contributed by atoms with Crippen LogP contribution in [0, 0.1) is 11.3 Å². The van der Waals surface area contributed by atoms with E-state index < -0.39 is 12.3 Å². The Labute approximate surface area is 204 Å². The van der Waals surface area contributed by atoms with Crippen LogP contribution in [-0.4, -0.2) is 40.3 Å². The Balaban J connectivity index is 1.29. The van der Waals surface area contributed by atoms with E-state index in [-0.39, 0.29) is 0 Å². The molecule has 2 fully saturated rings. The van der Waals surface area contributed by atoms with Crippen molar-refractivity contribution < 1.29 is 9.13 Å². The Morgan fingerprint density at radius 1 is 1.00 bits per heavy atom. The molecule has 2 aliphatic rings. The minimum Gasteiger partial charge on any atom is -0.486 e. The van der Waals surface area contributed by atoms with E-state index in [0.717, 1.165) is 44.5 Å². The second kappa shape index (κ2) is 10.8. The first-order chi connectivity index (χ1) is 17.2. The maximum atomic E-state index is 14.2. The summed E-state index contributed by atoms with van der Waals surface area (Å²) in [6, 6.07) is 15.7. The van der Waals surface area contributed by atoms with Crippen LogP contribution in [0.4, 0.5) is 16.0 Å². The molecule has 1 aromatic heterocycles. The van der Waals surface area contributed by atoms with Crippen molar-refractivity contribution >= 4 is 11.6 Å². The molecule has 0 bridgehead atoms. The second-order valence-corrected chi connectivity index (χ2v) is 9.18. The van der Waals surface area contributed by atoms with Gasteiger partial charge in [-0.2, -0.15) is 10.2 Å². The molecule has 5 rings (SSSR count). The number of nitriles is 1. The number of hydrogen-bond acceptors (Lipinski definition) is 7. The lowest BCUT2D eigenvalue weighted by Gasteiger charge is -2.27. The van der Waals surface area contributed by atoms with Crippen molar-refractivity contribution in [1.29, 1.82) is 5.26 Å². The molecule has 2 N–H and O–H groups in total. The fraction of sp³-hybridized carbons (Fsp3) is 0.407. The van der Waals surface area contributed by atoms with Crippen LogP contribution in [-0.2, 0) is 0 Å². The standard InChI is InChI=1S/C27H29FN6O/c28-23-3-1-2-4-25(23)35-24-10-7-20(15-21(24)16-29)26-31-17-32-27(34-26)33-22-8-5-18(6-9-22)19-11-13-30-14-12-19/h5-10,15,17,19,23,25,30H,1-4,11-14H2,(H,31,32,33,34). The van der Waals surface area contributed by atoms with Gasteiger partial charge in [0.25, 0.3) is 0 Å². The lowest BCUT2D eigenvalue weighted by atomic mass is 9.90. The van der Waals surface area contributed by atoms with Crippen LogP contribution >= 0.6 is 0 Å². The van der Waals surface area contributed by atoms with Crippen molar-refractivity contribution in [3.63, 3.8) is 0 Å². The molecule has 0 spiro atoms. The molecule has 1 saturated heterocycles. The van der Waals surface area contributed by atoms with E-state index in [4.69, 9.17) is 4.74 Å². The van der Waals surface area contributed by atoms with Gasteiger partial charge >= 0.3 is 0 Å². The molecule has 2 heterocycles. The van der Waals surface area contributed by atoms with Gasteiger partial charge in [-0.25, -0.2) is 14.4 Å². The number of nitrogens with zero attached hydrogens (tertiary/aromatic N) is 4. The Hall–Kier alpha value is -3.57. The van der Waals surface area contributed by atoms with Gasteiger partial charge in [-0.15, -0.1) is 0 Å². The average Bonchev–Trinajstić information content (AvgIpc) is 2.91. The Morgan fingerprint density at radius 2 is 1.80 bits per heavy atom. The highest BCUT2D eigenvalue weighted by Gasteiger charge is 2.27. The van der Waals surface area contributed by atoms with E-state index in [1.807, 2.05) is 12.1 Å². The minimum absolute atomic E-state index is 0.337. The van der Waals surface area contributed by atoms with Crippen LogP contribution in [0.3, 0.4) is 0 Å². The van der Waals surface area contributed by atoms with Crippen molar-refractivity contribution in [2.75, 3.05) is 18.4 Å². The monoisotopic (exact) mass is 472 g/mol. The fourth-order valence-corrected chi connectivity index (χ4v) is 4.83. The number of halogens is 1. The zero-order valence-electron chi connectivity index (χ0n) is 19.6. The minimum atomic E-state index is -0.999. The predicted octanol–water partition coefficient (Wildman–Crippen LogP) is 5.28. The van der Waals surface area contributed by atoms with Crippen LogP contribution in [0.25, 0.3) is 11.4 Å². The largest absolute Gasteiger partial charge is 0.486 e. The zero-order valence-corrected chi connectivity index (χ0v) is 19.6. The van der Waals surface area contributed by atoms with E-state index in [1.165, 1.54) is 11.9 Å². The maximum absolute atomic E-state index is 14.2. The smallest absolute Gasteiger partial charge is 0.230 e. The third kappa shape index (κ3) is 5.57. The van der Waals surface area contributed by atoms with Crippen molar-refractivity contribution in [2.24, 2.45) is 0 Å². The summed E-state index contributed by atoms with van der Waals surface area (Å²) in [5.74, 6) is 1.86. The summed E-state index contributed by atoms with van der Waals surface area (Å²) in [6.45, 7) is 2.13. The highest BCUT2D eigenvalue weighted by Crippen LogP contribution is 2.31. The number of ether oxygens (including phenoxy) is 1. The van der Waals surface area contributed by atoms with E-state index in [9.17, 15) is 9.65 Å². The van der Waals surface area contributed by atoms with Crippen LogP contribution in [0.2, 0.25) is 0 Å². The van der Waals surface area contributed by atoms with Gasteiger partial charge in [0.05, 0.1) is 5.56 Å². The van der Waals surface area contributed by atoms with E-state index in [0.29, 0.717) is 47.4 Å². The molecule has 7 nitrogen and oxygen atoms in total. The summed E-state index contributed by atoms with van der Waals surface area (Å²) in [5.41, 5.74) is 3.26. The summed E-state index contributed by atoms with van der Waals surface area (Å²) < 4.78 is 20.1. The van der Waals surface area contributed by atoms with Gasteiger partial charge in [-0.1, -0.05) is 18.6 Å². The molecule has 1 aliphatic heterocycles. The zero-order chi connectivity index (χ0) is 24.0. The molecule has 0 amide bonds. The van der Waals surface area contributed by atoms with Crippen LogP contribution in [0.15, 0.2) is 48.8 Å². The van der Waals surface area contributed by atoms with E-state index in [2.05, 4.69) is 43.8 Å². The van der Waals surface area contributed by atoms with Crippen LogP contribution in [0.1, 0.15) is 55.6 Å². The molecule has 2 aromatic carbocycles. The average molecular weight is 473 g/mol. The SMILES string of the molecule is N#Cc1cc(-c2ncnc(Nc3ccc(C4CCNCC4)cc3)n2)ccc1OC1CCCCC1F. The lowest BCUT2D eigenvalue weighted by molar-refractivity contribution is 0.0636. The quantitative estimate of drug-likeness (QED) is 0.504. The number of benzene rings is 2. The topological polar surface area (TPSA) is 95.8 Å². The van der Waals surface area contributed by atoms with Gasteiger partial charge in [-0.05, 0) is 87.0 Å². The fourth-order valence-electron chi connectivity index (χ4n) is 4.83. The van der Waals surface area contributed by atoms with Gasteiger partial charge < -0.3 is 15.4 Å². The van der Waals surface area contributed by atoms with Gasteiger partial charge in [0.15, 0.2) is 5.82 Å². The van der Waals surface area contributed by atoms with Crippen molar-refractivity contribution in [1.82, 2.24) is 20.3 Å². The van der Waals surface area contributed by atoms with Gasteiger partial charge in [0, 0.05) is 11.3 Å². The molecule has 180 valence electrons. The first-order valence-corrected chi connectivity index (χ1v) is 12.3. The molecule has 2 unspecified atom stereocenters. The molecule has 1 aliphatic carbocycles. The summed E-state index contributed by atoms with van der Waals surface area (Å²) in [4.78, 5) is 13.1. The molecule has 0 radical (unpaired) electrons. The number of alkyl halides is 1. The van der Waals surface area contributed by atoms with E-state index in [1.54, 1.807) is 18.2 Å². The van der Waals surface area contributed by atoms with Crippen LogP contribution in [0.5, 0.6) is 5.75 Å². The van der Waals surface area contributed by atoms with Gasteiger partial charge in [0.2, 0.25) is 5.95 Å². The first-order valence-electron chi connectivity index (χ1n) is 12.3. The Bertz CT molecular complexity index is 1190. The third-order valence-corrected chi connectivity index (χ3v) is 6.81. The molecular formula is C27H29FN6O. The molecule has 3 aromatic rings. The number of aromatic nitrogens is 3. The highest BCUT2D eigenvalue weighted by molar-refractivity contribution is 5.63. The summed E-state index contributed by atoms with van der Waals surface area (Å²) in [6.07, 6.45) is 5.24. The summed E-state index contributed by atoms with van der Waals surface area (Å²) in [7, 11) is 0. The van der Waals surface area contributed by atoms with Gasteiger partial charge in [0.1, 0.15) is 30.4 Å². The number of anilines is 2. The summed E-state index contributed by atoms with van der Waals surface area (Å²) in [5, 5.41) is 16.3. The van der Waals surface area contributed by atoms with Crippen molar-refractivity contribution in [3.05, 3.63) is 59.9 Å². The maximum Gasteiger partial charge on any atom is 0.230 e. The number of nitrogens with one attached hydrogen (secondary N) is 2. The molecule has 2 atom stereocenters. The third-order valence-electron chi connectivity index (χ3n) is 6.81. The first kappa shape index (κ1) is 23.2. The molecule has 1 saturated carbocycles. The normalized spacial score (nSPS) is 20.7. The molecule has 35 heavy (non-hydrogen) atoms. The van der Waals surface area contributed by atoms with Gasteiger partial charge in [-0.3, -0.25) is 0 Å². The lowest BCUT2D eigenvalue weighted by Crippen LogP contribution is -2.31. The van der Waals surface area contributed by atoms with E-state index >= 15 is 0 Å². The Morgan fingerprint density at radius 3 is 2.57 bits per heavy atom. The summed E-state index contributed by atoms with van der Waals surface area (Å²) >= 11 is 0. The highest BCUT2D eigenvalue weighted by atomic mass is 19.1. The van der Waals surface area contributed by atoms with Crippen molar-refractivity contribution in [2.45, 2.75) is 56.7 Å². The predicted molar refractivity (Wildman–Crippen MR) is 132 cm³/mol. The second-order valence-electron chi connectivity index (χ2n) is 9.18.